The van der Waals surface area contributed by atoms with Crippen molar-refractivity contribution in [2.75, 3.05) is 13.8 Å². The lowest BCUT2D eigenvalue weighted by molar-refractivity contribution is 0.174. The molecule has 14 heavy (non-hydrogen) atoms. The van der Waals surface area contributed by atoms with Crippen molar-refractivity contribution in [3.63, 3.8) is 0 Å². The first kappa shape index (κ1) is 9.68. The molecule has 1 heterocycles. The number of nitrogens with one attached hydrogen (secondary N) is 1. The number of ether oxygens (including phenoxy) is 2. The summed E-state index contributed by atoms with van der Waals surface area (Å²) in [6, 6.07) is 3.96. The number of hydrogen-bond acceptors (Lipinski definition) is 4. The fourth-order valence-electron chi connectivity index (χ4n) is 1.51. The van der Waals surface area contributed by atoms with Gasteiger partial charge in [0, 0.05) is 0 Å². The van der Waals surface area contributed by atoms with Crippen LogP contribution >= 0.6 is 12.6 Å². The molecule has 2 rings (SSSR count). The zero-order valence-corrected chi connectivity index (χ0v) is 9.10. The van der Waals surface area contributed by atoms with Crippen molar-refractivity contribution in [2.24, 2.45) is 0 Å². The van der Waals surface area contributed by atoms with Crippen LogP contribution in [0, 0.1) is 6.92 Å². The molecular formula is C10H13NO2S. The second-order valence-corrected chi connectivity index (χ2v) is 3.77. The van der Waals surface area contributed by atoms with Gasteiger partial charge in [-0.1, -0.05) is 0 Å². The molecule has 0 aromatic heterocycles. The van der Waals surface area contributed by atoms with E-state index in [1.807, 2.05) is 26.1 Å². The molecule has 1 aromatic rings. The van der Waals surface area contributed by atoms with E-state index in [1.54, 1.807) is 0 Å². The van der Waals surface area contributed by atoms with Crippen molar-refractivity contribution in [3.05, 3.63) is 23.3 Å². The molecule has 1 N–H and O–H groups in total. The Kier molecular flexibility index (Phi) is 2.56. The third kappa shape index (κ3) is 1.55. The van der Waals surface area contributed by atoms with Crippen LogP contribution in [-0.4, -0.2) is 13.8 Å². The predicted molar refractivity (Wildman–Crippen MR) is 58.1 cm³/mol. The zero-order chi connectivity index (χ0) is 10.1. The third-order valence-corrected chi connectivity index (χ3v) is 2.87. The van der Waals surface area contributed by atoms with Crippen molar-refractivity contribution in [1.82, 2.24) is 5.32 Å². The van der Waals surface area contributed by atoms with Crippen LogP contribution in [0.5, 0.6) is 11.5 Å². The van der Waals surface area contributed by atoms with Gasteiger partial charge < -0.3 is 14.8 Å². The maximum absolute atomic E-state index is 5.30. The van der Waals surface area contributed by atoms with Crippen molar-refractivity contribution >= 4 is 12.6 Å². The summed E-state index contributed by atoms with van der Waals surface area (Å²) in [5.41, 5.74) is 2.28. The molecule has 0 amide bonds. The zero-order valence-electron chi connectivity index (χ0n) is 8.20. The van der Waals surface area contributed by atoms with Gasteiger partial charge in [-0.3, -0.25) is 0 Å². The van der Waals surface area contributed by atoms with Gasteiger partial charge in [0.15, 0.2) is 11.5 Å². The monoisotopic (exact) mass is 211 g/mol. The molecular weight excluding hydrogens is 198 g/mol. The molecule has 1 aromatic carbocycles. The van der Waals surface area contributed by atoms with Crippen molar-refractivity contribution in [2.45, 2.75) is 12.3 Å². The van der Waals surface area contributed by atoms with Gasteiger partial charge in [-0.15, -0.1) is 0 Å². The highest BCUT2D eigenvalue weighted by Gasteiger charge is 2.17. The minimum atomic E-state index is 0.0319. The lowest BCUT2D eigenvalue weighted by Crippen LogP contribution is -2.11. The van der Waals surface area contributed by atoms with E-state index in [9.17, 15) is 0 Å². The highest BCUT2D eigenvalue weighted by molar-refractivity contribution is 7.80. The Morgan fingerprint density at radius 3 is 2.64 bits per heavy atom. The molecule has 3 nitrogen and oxygen atoms in total. The lowest BCUT2D eigenvalue weighted by atomic mass is 10.1. The van der Waals surface area contributed by atoms with Crippen molar-refractivity contribution < 1.29 is 9.47 Å². The predicted octanol–water partition coefficient (Wildman–Crippen LogP) is 1.87. The molecule has 1 aliphatic heterocycles. The van der Waals surface area contributed by atoms with Gasteiger partial charge in [0.05, 0.1) is 5.37 Å². The van der Waals surface area contributed by atoms with E-state index in [-0.39, 0.29) is 5.37 Å². The van der Waals surface area contributed by atoms with E-state index in [0.717, 1.165) is 22.6 Å². The van der Waals surface area contributed by atoms with Crippen LogP contribution in [0.1, 0.15) is 16.5 Å². The highest BCUT2D eigenvalue weighted by Crippen LogP contribution is 2.37. The van der Waals surface area contributed by atoms with Crippen molar-refractivity contribution in [1.29, 1.82) is 0 Å². The molecule has 0 radical (unpaired) electrons. The molecule has 1 unspecified atom stereocenters. The summed E-state index contributed by atoms with van der Waals surface area (Å²) in [7, 11) is 1.88. The molecule has 0 fully saturated rings. The summed E-state index contributed by atoms with van der Waals surface area (Å²) in [5.74, 6) is 1.63. The number of benzene rings is 1. The van der Waals surface area contributed by atoms with E-state index in [0.29, 0.717) is 6.79 Å². The molecule has 4 heteroatoms. The Bertz CT molecular complexity index is 354. The molecule has 0 bridgehead atoms. The number of rotatable bonds is 2. The minimum absolute atomic E-state index is 0.0319. The van der Waals surface area contributed by atoms with Gasteiger partial charge in [-0.05, 0) is 37.2 Å². The average molecular weight is 211 g/mol. The number of thiol groups is 1. The topological polar surface area (TPSA) is 30.5 Å². The molecule has 1 atom stereocenters. The Balaban J connectivity index is 2.42. The van der Waals surface area contributed by atoms with Gasteiger partial charge in [0.2, 0.25) is 6.79 Å². The normalized spacial score (nSPS) is 15.6. The van der Waals surface area contributed by atoms with Crippen LogP contribution in [-0.2, 0) is 0 Å². The van der Waals surface area contributed by atoms with Crippen LogP contribution in [0.15, 0.2) is 12.1 Å². The van der Waals surface area contributed by atoms with Gasteiger partial charge in [0.1, 0.15) is 0 Å². The summed E-state index contributed by atoms with van der Waals surface area (Å²) in [6.45, 7) is 2.35. The molecule has 0 saturated heterocycles. The molecule has 0 saturated carbocycles. The first-order valence-corrected chi connectivity index (χ1v) is 4.99. The summed E-state index contributed by atoms with van der Waals surface area (Å²) in [5, 5.41) is 3.11. The standard InChI is InChI=1S/C10H13NO2S/c1-6-3-8-9(13-5-12-8)4-7(6)10(14)11-2/h3-4,10-11,14H,5H2,1-2H3. The van der Waals surface area contributed by atoms with E-state index < -0.39 is 0 Å². The van der Waals surface area contributed by atoms with Gasteiger partial charge >= 0.3 is 0 Å². The largest absolute Gasteiger partial charge is 0.454 e. The molecule has 1 aliphatic rings. The SMILES string of the molecule is CNC(S)c1cc2c(cc1C)OCO2. The summed E-state index contributed by atoms with van der Waals surface area (Å²) in [6.07, 6.45) is 0. The average Bonchev–Trinajstić information content (AvgIpc) is 2.62. The van der Waals surface area contributed by atoms with Crippen LogP contribution in [0.4, 0.5) is 0 Å². The smallest absolute Gasteiger partial charge is 0.231 e. The maximum atomic E-state index is 5.30. The third-order valence-electron chi connectivity index (χ3n) is 2.33. The Hall–Kier alpha value is -0.870. The number of aryl methyl sites for hydroxylation is 1. The Morgan fingerprint density at radius 1 is 1.36 bits per heavy atom. The van der Waals surface area contributed by atoms with Crippen molar-refractivity contribution in [3.8, 4) is 11.5 Å². The van der Waals surface area contributed by atoms with Gasteiger partial charge in [0.25, 0.3) is 0 Å². The summed E-state index contributed by atoms with van der Waals surface area (Å²) < 4.78 is 10.6. The fraction of sp³-hybridized carbons (Fsp3) is 0.400. The molecule has 76 valence electrons. The molecule has 0 aliphatic carbocycles. The quantitative estimate of drug-likeness (QED) is 0.578. The molecule has 0 spiro atoms. The second kappa shape index (κ2) is 3.71. The highest BCUT2D eigenvalue weighted by atomic mass is 32.1. The van der Waals surface area contributed by atoms with Crippen LogP contribution in [0.2, 0.25) is 0 Å². The van der Waals surface area contributed by atoms with Crippen LogP contribution < -0.4 is 14.8 Å². The first-order chi connectivity index (χ1) is 6.72. The Morgan fingerprint density at radius 2 is 2.00 bits per heavy atom. The summed E-state index contributed by atoms with van der Waals surface area (Å²) in [4.78, 5) is 0. The van der Waals surface area contributed by atoms with Crippen LogP contribution in [0.25, 0.3) is 0 Å². The van der Waals surface area contributed by atoms with E-state index in [2.05, 4.69) is 17.9 Å². The van der Waals surface area contributed by atoms with E-state index >= 15 is 0 Å². The Labute approximate surface area is 88.8 Å². The number of fused-ring (bicyclic) bond motifs is 1. The minimum Gasteiger partial charge on any atom is -0.454 e. The summed E-state index contributed by atoms with van der Waals surface area (Å²) >= 11 is 4.42. The lowest BCUT2D eigenvalue weighted by Gasteiger charge is -2.13. The van der Waals surface area contributed by atoms with Gasteiger partial charge in [-0.25, -0.2) is 0 Å². The van der Waals surface area contributed by atoms with E-state index in [4.69, 9.17) is 9.47 Å². The second-order valence-electron chi connectivity index (χ2n) is 3.25. The number of hydrogen-bond donors (Lipinski definition) is 2. The maximum Gasteiger partial charge on any atom is 0.231 e. The van der Waals surface area contributed by atoms with E-state index in [1.165, 1.54) is 0 Å². The fourth-order valence-corrected chi connectivity index (χ4v) is 1.79. The van der Waals surface area contributed by atoms with Gasteiger partial charge in [-0.2, -0.15) is 12.6 Å². The first-order valence-electron chi connectivity index (χ1n) is 4.48. The van der Waals surface area contributed by atoms with Crippen LogP contribution in [0.3, 0.4) is 0 Å².